The monoisotopic (exact) mass is 235 g/mol. The molecule has 5 heteroatoms. The maximum Gasteiger partial charge on any atom is 0.268 e. The van der Waals surface area contributed by atoms with Gasteiger partial charge in [-0.3, -0.25) is 4.79 Å². The van der Waals surface area contributed by atoms with Crippen LogP contribution in [0.3, 0.4) is 0 Å². The second-order valence-electron chi connectivity index (χ2n) is 4.02. The van der Waals surface area contributed by atoms with Crippen molar-refractivity contribution in [2.45, 2.75) is 19.8 Å². The van der Waals surface area contributed by atoms with E-state index in [-0.39, 0.29) is 5.91 Å². The van der Waals surface area contributed by atoms with E-state index in [1.54, 1.807) is 11.8 Å². The number of terminal acetylenes is 1. The summed E-state index contributed by atoms with van der Waals surface area (Å²) < 4.78 is 3.77. The van der Waals surface area contributed by atoms with E-state index in [0.717, 1.165) is 18.1 Å². The lowest BCUT2D eigenvalue weighted by atomic mass is 10.3. The number of rotatable bonds is 4. The van der Waals surface area contributed by atoms with Crippen LogP contribution in [0, 0.1) is 25.2 Å². The predicted octanol–water partition coefficient (Wildman–Crippen LogP) is 1.33. The summed E-state index contributed by atoms with van der Waals surface area (Å²) in [6.07, 6.45) is 7.69. The van der Waals surface area contributed by atoms with E-state index >= 15 is 0 Å². The maximum absolute atomic E-state index is 12.1. The Labute approximate surface area is 98.8 Å². The third-order valence-corrected chi connectivity index (χ3v) is 3.41. The lowest BCUT2D eigenvalue weighted by Gasteiger charge is -2.18. The highest BCUT2D eigenvalue weighted by molar-refractivity contribution is 7.07. The van der Waals surface area contributed by atoms with Gasteiger partial charge < -0.3 is 4.90 Å². The molecule has 0 aromatic carbocycles. The second-order valence-corrected chi connectivity index (χ2v) is 4.77. The Hall–Kier alpha value is -1.41. The second kappa shape index (κ2) is 4.62. The Kier molecular flexibility index (Phi) is 3.20. The zero-order chi connectivity index (χ0) is 11.5. The normalized spacial score (nSPS) is 14.5. The lowest BCUT2D eigenvalue weighted by Crippen LogP contribution is -2.33. The van der Waals surface area contributed by atoms with Crippen LogP contribution in [0.4, 0.5) is 0 Å². The first-order valence-corrected chi connectivity index (χ1v) is 6.01. The van der Waals surface area contributed by atoms with Gasteiger partial charge in [0.25, 0.3) is 5.91 Å². The molecule has 4 nitrogen and oxygen atoms in total. The number of nitrogens with zero attached hydrogens (tertiary/aromatic N) is 3. The molecule has 1 aromatic heterocycles. The van der Waals surface area contributed by atoms with E-state index in [1.165, 1.54) is 12.8 Å². The third-order valence-electron chi connectivity index (χ3n) is 2.59. The minimum atomic E-state index is -0.0302. The van der Waals surface area contributed by atoms with Gasteiger partial charge in [0, 0.05) is 6.54 Å². The van der Waals surface area contributed by atoms with E-state index in [2.05, 4.69) is 15.5 Å². The van der Waals surface area contributed by atoms with Crippen molar-refractivity contribution >= 4 is 17.4 Å². The van der Waals surface area contributed by atoms with Crippen molar-refractivity contribution in [2.24, 2.45) is 5.92 Å². The SMILES string of the molecule is C#CCN(CC1CC1)C(=O)c1snnc1C. The van der Waals surface area contributed by atoms with Crippen molar-refractivity contribution in [3.63, 3.8) is 0 Å². The smallest absolute Gasteiger partial charge is 0.268 e. The topological polar surface area (TPSA) is 46.1 Å². The number of aromatic nitrogens is 2. The molecule has 0 atom stereocenters. The van der Waals surface area contributed by atoms with Crippen LogP contribution in [0.25, 0.3) is 0 Å². The molecule has 1 aliphatic carbocycles. The first-order chi connectivity index (χ1) is 7.72. The van der Waals surface area contributed by atoms with Crippen LogP contribution < -0.4 is 0 Å². The van der Waals surface area contributed by atoms with Crippen LogP contribution >= 0.6 is 11.5 Å². The molecule has 0 saturated heterocycles. The molecular formula is C11H13N3OS. The fourth-order valence-electron chi connectivity index (χ4n) is 1.51. The molecule has 1 aliphatic rings. The van der Waals surface area contributed by atoms with E-state index in [1.807, 2.05) is 0 Å². The zero-order valence-electron chi connectivity index (χ0n) is 9.14. The molecule has 0 spiro atoms. The van der Waals surface area contributed by atoms with Crippen molar-refractivity contribution in [1.29, 1.82) is 0 Å². The van der Waals surface area contributed by atoms with Crippen molar-refractivity contribution in [1.82, 2.24) is 14.5 Å². The Morgan fingerprint density at radius 2 is 2.44 bits per heavy atom. The summed E-state index contributed by atoms with van der Waals surface area (Å²) in [5.74, 6) is 3.14. The Morgan fingerprint density at radius 1 is 1.69 bits per heavy atom. The van der Waals surface area contributed by atoms with Crippen LogP contribution in [-0.2, 0) is 0 Å². The number of carbonyl (C=O) groups is 1. The van der Waals surface area contributed by atoms with Crippen molar-refractivity contribution in [3.05, 3.63) is 10.6 Å². The number of hydrogen-bond donors (Lipinski definition) is 0. The van der Waals surface area contributed by atoms with E-state index in [0.29, 0.717) is 23.0 Å². The van der Waals surface area contributed by atoms with Gasteiger partial charge in [-0.05, 0) is 37.2 Å². The summed E-state index contributed by atoms with van der Waals surface area (Å²) >= 11 is 1.14. The van der Waals surface area contributed by atoms with E-state index in [4.69, 9.17) is 6.42 Å². The molecule has 1 heterocycles. The van der Waals surface area contributed by atoms with Gasteiger partial charge in [0.05, 0.1) is 12.2 Å². The quantitative estimate of drug-likeness (QED) is 0.740. The number of carbonyl (C=O) groups excluding carboxylic acids is 1. The van der Waals surface area contributed by atoms with Crippen molar-refractivity contribution in [2.75, 3.05) is 13.1 Å². The zero-order valence-corrected chi connectivity index (χ0v) is 9.96. The van der Waals surface area contributed by atoms with Crippen LogP contribution in [0.2, 0.25) is 0 Å². The van der Waals surface area contributed by atoms with Gasteiger partial charge in [-0.25, -0.2) is 0 Å². The standard InChI is InChI=1S/C11H13N3OS/c1-3-6-14(7-9-4-5-9)11(15)10-8(2)12-13-16-10/h1,9H,4-7H2,2H3. The summed E-state index contributed by atoms with van der Waals surface area (Å²) in [5, 5.41) is 3.84. The predicted molar refractivity (Wildman–Crippen MR) is 62.1 cm³/mol. The Morgan fingerprint density at radius 3 is 2.94 bits per heavy atom. The van der Waals surface area contributed by atoms with E-state index in [9.17, 15) is 4.79 Å². The first kappa shape index (κ1) is 11.1. The van der Waals surface area contributed by atoms with Crippen LogP contribution in [-0.4, -0.2) is 33.5 Å². The van der Waals surface area contributed by atoms with Gasteiger partial charge in [-0.1, -0.05) is 10.4 Å². The highest BCUT2D eigenvalue weighted by atomic mass is 32.1. The summed E-state index contributed by atoms with van der Waals surface area (Å²) in [7, 11) is 0. The number of hydrogen-bond acceptors (Lipinski definition) is 4. The molecule has 1 aromatic rings. The largest absolute Gasteiger partial charge is 0.326 e. The highest BCUT2D eigenvalue weighted by Crippen LogP contribution is 2.30. The molecule has 0 N–H and O–H groups in total. The lowest BCUT2D eigenvalue weighted by molar-refractivity contribution is 0.0773. The molecule has 1 fully saturated rings. The molecule has 0 aliphatic heterocycles. The van der Waals surface area contributed by atoms with Gasteiger partial charge in [0.15, 0.2) is 0 Å². The summed E-state index contributed by atoms with van der Waals surface area (Å²) in [5.41, 5.74) is 0.688. The fourth-order valence-corrected chi connectivity index (χ4v) is 2.14. The molecule has 0 unspecified atom stereocenters. The summed E-state index contributed by atoms with van der Waals surface area (Å²) in [4.78, 5) is 14.5. The summed E-state index contributed by atoms with van der Waals surface area (Å²) in [6, 6.07) is 0. The van der Waals surface area contributed by atoms with Crippen LogP contribution in [0.5, 0.6) is 0 Å². The Balaban J connectivity index is 2.10. The van der Waals surface area contributed by atoms with Gasteiger partial charge in [0.2, 0.25) is 0 Å². The van der Waals surface area contributed by atoms with Gasteiger partial charge in [-0.15, -0.1) is 11.5 Å². The molecule has 84 valence electrons. The van der Waals surface area contributed by atoms with Gasteiger partial charge in [-0.2, -0.15) is 0 Å². The number of amides is 1. The maximum atomic E-state index is 12.1. The first-order valence-electron chi connectivity index (χ1n) is 5.24. The minimum absolute atomic E-state index is 0.0302. The summed E-state index contributed by atoms with van der Waals surface area (Å²) in [6.45, 7) is 2.93. The molecule has 16 heavy (non-hydrogen) atoms. The van der Waals surface area contributed by atoms with Crippen molar-refractivity contribution < 1.29 is 4.79 Å². The van der Waals surface area contributed by atoms with Crippen molar-refractivity contribution in [3.8, 4) is 12.3 Å². The molecule has 1 saturated carbocycles. The average molecular weight is 235 g/mol. The molecular weight excluding hydrogens is 222 g/mol. The van der Waals surface area contributed by atoms with Crippen LogP contribution in [0.15, 0.2) is 0 Å². The molecule has 2 rings (SSSR count). The Bertz CT molecular complexity index is 431. The fraction of sp³-hybridized carbons (Fsp3) is 0.545. The van der Waals surface area contributed by atoms with E-state index < -0.39 is 0 Å². The molecule has 0 radical (unpaired) electrons. The number of aryl methyl sites for hydroxylation is 1. The van der Waals surface area contributed by atoms with Gasteiger partial charge >= 0.3 is 0 Å². The van der Waals surface area contributed by atoms with Crippen LogP contribution in [0.1, 0.15) is 28.2 Å². The minimum Gasteiger partial charge on any atom is -0.326 e. The average Bonchev–Trinajstić information content (AvgIpc) is 2.98. The third kappa shape index (κ3) is 2.39. The molecule has 0 bridgehead atoms. The van der Waals surface area contributed by atoms with Gasteiger partial charge in [0.1, 0.15) is 4.88 Å². The molecule has 1 amide bonds. The highest BCUT2D eigenvalue weighted by Gasteiger charge is 2.28.